The summed E-state index contributed by atoms with van der Waals surface area (Å²) in [6.07, 6.45) is 0. The zero-order valence-corrected chi connectivity index (χ0v) is 22.5. The first-order chi connectivity index (χ1) is 19.6. The Balaban J connectivity index is 1.43. The fraction of sp³-hybridized carbons (Fsp3) is 0. The second kappa shape index (κ2) is 9.77. The lowest BCUT2D eigenvalue weighted by Crippen LogP contribution is -2.04. The van der Waals surface area contributed by atoms with Crippen LogP contribution in [-0.2, 0) is 0 Å². The number of aromatic nitrogens is 4. The zero-order chi connectivity index (χ0) is 27.2. The molecule has 40 heavy (non-hydrogen) atoms. The third-order valence-corrected chi connectivity index (χ3v) is 7.33. The summed E-state index contributed by atoms with van der Waals surface area (Å²) in [5, 5.41) is 1.80. The van der Waals surface area contributed by atoms with E-state index >= 15 is 8.78 Å². The normalized spacial score (nSPS) is 11.4. The molecule has 0 aliphatic carbocycles. The Hall–Kier alpha value is -4.75. The Morgan fingerprint density at radius 2 is 1.00 bits per heavy atom. The maximum absolute atomic E-state index is 16.0. The number of hydrogen-bond donors (Lipinski definition) is 0. The van der Waals surface area contributed by atoms with Crippen LogP contribution in [-0.4, -0.2) is 19.5 Å². The van der Waals surface area contributed by atoms with E-state index in [1.165, 1.54) is 12.1 Å². The van der Waals surface area contributed by atoms with Crippen LogP contribution in [0.25, 0.3) is 61.7 Å². The maximum Gasteiger partial charge on any atom is 0.164 e. The SMILES string of the molecule is Fc1cc(-c2nc(-c3ccccc3)nc(-c3ccccc3)n2)cc(F)c1-n1c2ccccc2c2cc(Br)ccc21. The Bertz CT molecular complexity index is 1960. The number of hydrogen-bond acceptors (Lipinski definition) is 3. The van der Waals surface area contributed by atoms with Crippen LogP contribution in [0.2, 0.25) is 0 Å². The predicted molar refractivity (Wildman–Crippen MR) is 158 cm³/mol. The van der Waals surface area contributed by atoms with Crippen molar-refractivity contribution in [1.82, 2.24) is 19.5 Å². The summed E-state index contributed by atoms with van der Waals surface area (Å²) in [4.78, 5) is 13.9. The van der Waals surface area contributed by atoms with Gasteiger partial charge in [0.2, 0.25) is 0 Å². The van der Waals surface area contributed by atoms with E-state index in [1.807, 2.05) is 103 Å². The first-order valence-electron chi connectivity index (χ1n) is 12.6. The van der Waals surface area contributed by atoms with E-state index < -0.39 is 11.6 Å². The van der Waals surface area contributed by atoms with Gasteiger partial charge in [-0.1, -0.05) is 94.8 Å². The van der Waals surface area contributed by atoms with Gasteiger partial charge in [0.1, 0.15) is 5.69 Å². The van der Waals surface area contributed by atoms with Gasteiger partial charge in [0.15, 0.2) is 29.1 Å². The van der Waals surface area contributed by atoms with Gasteiger partial charge in [0, 0.05) is 31.9 Å². The number of halogens is 3. The topological polar surface area (TPSA) is 43.6 Å². The molecule has 0 fully saturated rings. The number of fused-ring (bicyclic) bond motifs is 3. The van der Waals surface area contributed by atoms with Gasteiger partial charge in [-0.2, -0.15) is 0 Å². The fourth-order valence-corrected chi connectivity index (χ4v) is 5.39. The van der Waals surface area contributed by atoms with Crippen LogP contribution >= 0.6 is 15.9 Å². The molecule has 0 saturated heterocycles. The van der Waals surface area contributed by atoms with Crippen LogP contribution in [0.3, 0.4) is 0 Å². The molecular weight excluding hydrogens is 570 g/mol. The van der Waals surface area contributed by atoms with Crippen molar-refractivity contribution >= 4 is 37.7 Å². The van der Waals surface area contributed by atoms with Crippen molar-refractivity contribution in [3.63, 3.8) is 0 Å². The molecule has 0 aliphatic heterocycles. The second-order valence-corrected chi connectivity index (χ2v) is 10.3. The summed E-state index contributed by atoms with van der Waals surface area (Å²) >= 11 is 3.52. The van der Waals surface area contributed by atoms with E-state index in [0.29, 0.717) is 22.7 Å². The summed E-state index contributed by atoms with van der Waals surface area (Å²) in [5.41, 5.74) is 3.03. The molecule has 0 unspecified atom stereocenters. The first kappa shape index (κ1) is 24.3. The highest BCUT2D eigenvalue weighted by Crippen LogP contribution is 2.36. The number of benzene rings is 5. The minimum Gasteiger partial charge on any atom is -0.304 e. The van der Waals surface area contributed by atoms with Crippen LogP contribution in [0.4, 0.5) is 8.78 Å². The van der Waals surface area contributed by atoms with Crippen LogP contribution in [0.15, 0.2) is 120 Å². The van der Waals surface area contributed by atoms with E-state index in [9.17, 15) is 0 Å². The van der Waals surface area contributed by atoms with Crippen LogP contribution in [0, 0.1) is 11.6 Å². The lowest BCUT2D eigenvalue weighted by Gasteiger charge is -2.13. The highest BCUT2D eigenvalue weighted by Gasteiger charge is 2.21. The molecule has 0 amide bonds. The summed E-state index contributed by atoms with van der Waals surface area (Å²) in [6, 6.07) is 34.8. The summed E-state index contributed by atoms with van der Waals surface area (Å²) in [7, 11) is 0. The predicted octanol–water partition coefficient (Wildman–Crippen LogP) is 9.01. The number of nitrogens with zero attached hydrogens (tertiary/aromatic N) is 4. The third-order valence-electron chi connectivity index (χ3n) is 6.83. The van der Waals surface area contributed by atoms with Gasteiger partial charge in [-0.15, -0.1) is 0 Å². The Morgan fingerprint density at radius 3 is 1.60 bits per heavy atom. The van der Waals surface area contributed by atoms with Crippen molar-refractivity contribution < 1.29 is 8.78 Å². The van der Waals surface area contributed by atoms with Crippen molar-refractivity contribution in [3.8, 4) is 39.9 Å². The molecule has 192 valence electrons. The Kier molecular flexibility index (Phi) is 5.94. The van der Waals surface area contributed by atoms with Gasteiger partial charge in [-0.3, -0.25) is 0 Å². The largest absolute Gasteiger partial charge is 0.304 e. The van der Waals surface area contributed by atoms with E-state index in [0.717, 1.165) is 26.4 Å². The van der Waals surface area contributed by atoms with Crippen molar-refractivity contribution in [2.45, 2.75) is 0 Å². The van der Waals surface area contributed by atoms with E-state index in [4.69, 9.17) is 0 Å². The Morgan fingerprint density at radius 1 is 0.500 bits per heavy atom. The van der Waals surface area contributed by atoms with Crippen LogP contribution in [0.1, 0.15) is 0 Å². The molecule has 2 aromatic heterocycles. The van der Waals surface area contributed by atoms with Crippen molar-refractivity contribution in [2.24, 2.45) is 0 Å². The molecule has 0 aliphatic rings. The molecule has 0 radical (unpaired) electrons. The molecular formula is C33H19BrF2N4. The average Bonchev–Trinajstić information content (AvgIpc) is 3.31. The Labute approximate surface area is 236 Å². The molecule has 0 spiro atoms. The standard InChI is InChI=1S/C33H19BrF2N4/c34-23-15-16-29-25(19-23)24-13-7-8-14-28(24)40(29)30-26(35)17-22(18-27(30)36)33-38-31(20-9-3-1-4-10-20)37-32(39-33)21-11-5-2-6-12-21/h1-19H. The number of para-hydroxylation sites is 1. The monoisotopic (exact) mass is 588 g/mol. The lowest BCUT2D eigenvalue weighted by molar-refractivity contribution is 0.573. The molecule has 2 heterocycles. The minimum atomic E-state index is -0.719. The lowest BCUT2D eigenvalue weighted by atomic mass is 10.1. The quantitative estimate of drug-likeness (QED) is 0.206. The molecule has 5 aromatic carbocycles. The molecule has 4 nitrogen and oxygen atoms in total. The molecule has 0 saturated carbocycles. The van der Waals surface area contributed by atoms with Gasteiger partial charge in [-0.05, 0) is 36.4 Å². The highest BCUT2D eigenvalue weighted by atomic mass is 79.9. The molecule has 7 heteroatoms. The summed E-state index contributed by atoms with van der Waals surface area (Å²) < 4.78 is 34.5. The van der Waals surface area contributed by atoms with Crippen molar-refractivity contribution in [1.29, 1.82) is 0 Å². The third kappa shape index (κ3) is 4.15. The zero-order valence-electron chi connectivity index (χ0n) is 20.9. The highest BCUT2D eigenvalue weighted by molar-refractivity contribution is 9.10. The molecule has 0 bridgehead atoms. The summed E-state index contributed by atoms with van der Waals surface area (Å²) in [5.74, 6) is -0.417. The molecule has 0 atom stereocenters. The summed E-state index contributed by atoms with van der Waals surface area (Å²) in [6.45, 7) is 0. The maximum atomic E-state index is 16.0. The second-order valence-electron chi connectivity index (χ2n) is 9.34. The van der Waals surface area contributed by atoms with Crippen LogP contribution < -0.4 is 0 Å². The van der Waals surface area contributed by atoms with Gasteiger partial charge < -0.3 is 4.57 Å². The first-order valence-corrected chi connectivity index (χ1v) is 13.4. The van der Waals surface area contributed by atoms with E-state index in [1.54, 1.807) is 4.57 Å². The molecule has 7 rings (SSSR count). The van der Waals surface area contributed by atoms with Crippen molar-refractivity contribution in [3.05, 3.63) is 131 Å². The van der Waals surface area contributed by atoms with Crippen molar-refractivity contribution in [2.75, 3.05) is 0 Å². The molecule has 7 aromatic rings. The average molecular weight is 589 g/mol. The fourth-order valence-electron chi connectivity index (χ4n) is 5.03. The molecule has 0 N–H and O–H groups in total. The van der Waals surface area contributed by atoms with Gasteiger partial charge >= 0.3 is 0 Å². The minimum absolute atomic E-state index is 0.155. The van der Waals surface area contributed by atoms with Gasteiger partial charge in [-0.25, -0.2) is 23.7 Å². The smallest absolute Gasteiger partial charge is 0.164 e. The van der Waals surface area contributed by atoms with Crippen LogP contribution in [0.5, 0.6) is 0 Å². The van der Waals surface area contributed by atoms with Gasteiger partial charge in [0.25, 0.3) is 0 Å². The number of rotatable bonds is 4. The van der Waals surface area contributed by atoms with Gasteiger partial charge in [0.05, 0.1) is 11.0 Å². The van der Waals surface area contributed by atoms with E-state index in [2.05, 4.69) is 30.9 Å². The van der Waals surface area contributed by atoms with E-state index in [-0.39, 0.29) is 17.1 Å².